The first kappa shape index (κ1) is 12.2. The van der Waals surface area contributed by atoms with Crippen molar-refractivity contribution in [3.05, 3.63) is 0 Å². The molecule has 0 amide bonds. The molecular weight excluding hydrogens is 236 g/mol. The van der Waals surface area contributed by atoms with Gasteiger partial charge in [0.15, 0.2) is 0 Å². The number of morpholine rings is 1. The molecule has 2 atom stereocenters. The molecule has 17 heavy (non-hydrogen) atoms. The number of hydrogen-bond donors (Lipinski definition) is 0. The van der Waals surface area contributed by atoms with Crippen LogP contribution in [0.15, 0.2) is 0 Å². The van der Waals surface area contributed by atoms with Gasteiger partial charge in [-0.25, -0.2) is 0 Å². The summed E-state index contributed by atoms with van der Waals surface area (Å²) in [6.07, 6.45) is 5.16. The smallest absolute Gasteiger partial charge is 0.0594 e. The van der Waals surface area contributed by atoms with Gasteiger partial charge in [0, 0.05) is 43.6 Å². The van der Waals surface area contributed by atoms with Gasteiger partial charge in [-0.3, -0.25) is 9.80 Å². The lowest BCUT2D eigenvalue weighted by molar-refractivity contribution is 0.0276. The Hall–Kier alpha value is 0.170. The summed E-state index contributed by atoms with van der Waals surface area (Å²) >= 11 is 6.31. The molecule has 0 aromatic heterocycles. The number of rotatable bonds is 3. The van der Waals surface area contributed by atoms with Gasteiger partial charge >= 0.3 is 0 Å². The van der Waals surface area contributed by atoms with Crippen molar-refractivity contribution in [1.29, 1.82) is 0 Å². The van der Waals surface area contributed by atoms with Crippen LogP contribution in [0.25, 0.3) is 0 Å². The minimum absolute atomic E-state index is 0.437. The number of hydrogen-bond acceptors (Lipinski definition) is 3. The number of halogens is 1. The second-order valence-corrected chi connectivity index (χ2v) is 6.26. The predicted molar refractivity (Wildman–Crippen MR) is 69.7 cm³/mol. The third kappa shape index (κ3) is 2.78. The molecule has 3 nitrogen and oxygen atoms in total. The van der Waals surface area contributed by atoms with Crippen LogP contribution >= 0.6 is 11.6 Å². The van der Waals surface area contributed by atoms with Crippen molar-refractivity contribution < 1.29 is 4.74 Å². The van der Waals surface area contributed by atoms with E-state index in [9.17, 15) is 0 Å². The Bertz CT molecular complexity index is 244. The first-order chi connectivity index (χ1) is 8.33. The van der Waals surface area contributed by atoms with Crippen molar-refractivity contribution in [3.8, 4) is 0 Å². The summed E-state index contributed by atoms with van der Waals surface area (Å²) in [5.74, 6) is 0. The number of alkyl halides is 1. The SMILES string of the molecule is ClC1CC2CCC(C1)N2CCN1CCOCC1. The van der Waals surface area contributed by atoms with Crippen LogP contribution in [-0.4, -0.2) is 66.7 Å². The lowest BCUT2D eigenvalue weighted by Crippen LogP contribution is -2.48. The summed E-state index contributed by atoms with van der Waals surface area (Å²) in [4.78, 5) is 5.27. The van der Waals surface area contributed by atoms with Gasteiger partial charge in [0.2, 0.25) is 0 Å². The first-order valence-corrected chi connectivity index (χ1v) is 7.46. The average molecular weight is 259 g/mol. The molecule has 0 radical (unpaired) electrons. The zero-order valence-corrected chi connectivity index (χ0v) is 11.2. The van der Waals surface area contributed by atoms with E-state index in [0.717, 1.165) is 38.4 Å². The number of ether oxygens (including phenoxy) is 1. The van der Waals surface area contributed by atoms with E-state index in [4.69, 9.17) is 16.3 Å². The fourth-order valence-corrected chi connectivity index (χ4v) is 4.07. The Balaban J connectivity index is 1.48. The highest BCUT2D eigenvalue weighted by Gasteiger charge is 2.39. The first-order valence-electron chi connectivity index (χ1n) is 7.03. The minimum Gasteiger partial charge on any atom is -0.379 e. The molecule has 3 rings (SSSR count). The molecule has 0 N–H and O–H groups in total. The highest BCUT2D eigenvalue weighted by molar-refractivity contribution is 6.20. The van der Waals surface area contributed by atoms with E-state index in [-0.39, 0.29) is 0 Å². The lowest BCUT2D eigenvalue weighted by atomic mass is 10.0. The topological polar surface area (TPSA) is 15.7 Å². The summed E-state index contributed by atoms with van der Waals surface area (Å²) < 4.78 is 5.39. The molecule has 2 bridgehead atoms. The molecule has 0 spiro atoms. The molecule has 2 unspecified atom stereocenters. The van der Waals surface area contributed by atoms with E-state index in [1.165, 1.54) is 38.8 Å². The van der Waals surface area contributed by atoms with Gasteiger partial charge in [0.05, 0.1) is 13.2 Å². The van der Waals surface area contributed by atoms with Gasteiger partial charge in [0.1, 0.15) is 0 Å². The third-order valence-corrected chi connectivity index (χ3v) is 4.96. The Morgan fingerprint density at radius 1 is 1.00 bits per heavy atom. The second kappa shape index (κ2) is 5.43. The quantitative estimate of drug-likeness (QED) is 0.715. The maximum atomic E-state index is 6.31. The van der Waals surface area contributed by atoms with Crippen molar-refractivity contribution in [3.63, 3.8) is 0 Å². The van der Waals surface area contributed by atoms with Gasteiger partial charge in [-0.2, -0.15) is 0 Å². The van der Waals surface area contributed by atoms with Gasteiger partial charge < -0.3 is 4.74 Å². The Morgan fingerprint density at radius 3 is 2.29 bits per heavy atom. The summed E-state index contributed by atoms with van der Waals surface area (Å²) in [6.45, 7) is 6.50. The van der Waals surface area contributed by atoms with Crippen LogP contribution in [0.4, 0.5) is 0 Å². The maximum absolute atomic E-state index is 6.31. The van der Waals surface area contributed by atoms with Crippen LogP contribution in [0, 0.1) is 0 Å². The molecule has 0 aromatic rings. The molecule has 0 saturated carbocycles. The van der Waals surface area contributed by atoms with Crippen LogP contribution < -0.4 is 0 Å². The number of nitrogens with zero attached hydrogens (tertiary/aromatic N) is 2. The maximum Gasteiger partial charge on any atom is 0.0594 e. The fraction of sp³-hybridized carbons (Fsp3) is 1.00. The number of fused-ring (bicyclic) bond motifs is 2. The Kier molecular flexibility index (Phi) is 3.90. The van der Waals surface area contributed by atoms with Crippen molar-refractivity contribution in [2.75, 3.05) is 39.4 Å². The molecule has 0 aromatic carbocycles. The van der Waals surface area contributed by atoms with E-state index in [1.54, 1.807) is 0 Å². The van der Waals surface area contributed by atoms with Crippen LogP contribution in [0.5, 0.6) is 0 Å². The molecular formula is C13H23ClN2O. The fourth-order valence-electron chi connectivity index (χ4n) is 3.65. The number of piperidine rings is 1. The van der Waals surface area contributed by atoms with Gasteiger partial charge in [-0.05, 0) is 25.7 Å². The van der Waals surface area contributed by atoms with E-state index >= 15 is 0 Å². The van der Waals surface area contributed by atoms with Crippen LogP contribution in [0.1, 0.15) is 25.7 Å². The van der Waals surface area contributed by atoms with Gasteiger partial charge in [-0.15, -0.1) is 11.6 Å². The normalized spacial score (nSPS) is 39.7. The monoisotopic (exact) mass is 258 g/mol. The highest BCUT2D eigenvalue weighted by Crippen LogP contribution is 2.37. The van der Waals surface area contributed by atoms with Crippen LogP contribution in [0.3, 0.4) is 0 Å². The Labute approximate surface area is 109 Å². The summed E-state index contributed by atoms with van der Waals surface area (Å²) in [5.41, 5.74) is 0. The second-order valence-electron chi connectivity index (χ2n) is 5.65. The van der Waals surface area contributed by atoms with E-state index in [1.807, 2.05) is 0 Å². The largest absolute Gasteiger partial charge is 0.379 e. The zero-order chi connectivity index (χ0) is 11.7. The molecule has 3 fully saturated rings. The highest BCUT2D eigenvalue weighted by atomic mass is 35.5. The van der Waals surface area contributed by atoms with Crippen LogP contribution in [-0.2, 0) is 4.74 Å². The third-order valence-electron chi connectivity index (χ3n) is 4.60. The summed E-state index contributed by atoms with van der Waals surface area (Å²) in [5, 5.41) is 0.437. The van der Waals surface area contributed by atoms with Crippen molar-refractivity contribution in [2.45, 2.75) is 43.1 Å². The van der Waals surface area contributed by atoms with Gasteiger partial charge in [-0.1, -0.05) is 0 Å². The molecule has 98 valence electrons. The average Bonchev–Trinajstić information content (AvgIpc) is 2.59. The summed E-state index contributed by atoms with van der Waals surface area (Å²) in [7, 11) is 0. The zero-order valence-electron chi connectivity index (χ0n) is 10.5. The van der Waals surface area contributed by atoms with Crippen molar-refractivity contribution in [1.82, 2.24) is 9.80 Å². The Morgan fingerprint density at radius 2 is 1.65 bits per heavy atom. The minimum atomic E-state index is 0.437. The molecule has 3 saturated heterocycles. The lowest BCUT2D eigenvalue weighted by Gasteiger charge is -2.38. The van der Waals surface area contributed by atoms with E-state index in [2.05, 4.69) is 9.80 Å². The van der Waals surface area contributed by atoms with Crippen molar-refractivity contribution in [2.24, 2.45) is 0 Å². The van der Waals surface area contributed by atoms with E-state index < -0.39 is 0 Å². The van der Waals surface area contributed by atoms with Crippen LogP contribution in [0.2, 0.25) is 0 Å². The molecule has 3 aliphatic heterocycles. The summed E-state index contributed by atoms with van der Waals surface area (Å²) in [6, 6.07) is 1.55. The van der Waals surface area contributed by atoms with Crippen molar-refractivity contribution >= 4 is 11.6 Å². The standard InChI is InChI=1S/C13H23ClN2O/c14-11-9-12-1-2-13(10-11)16(12)4-3-15-5-7-17-8-6-15/h11-13H,1-10H2. The molecule has 4 heteroatoms. The molecule has 0 aliphatic carbocycles. The predicted octanol–water partition coefficient (Wildman–Crippen LogP) is 1.55. The van der Waals surface area contributed by atoms with Gasteiger partial charge in [0.25, 0.3) is 0 Å². The molecule has 3 aliphatic rings. The van der Waals surface area contributed by atoms with E-state index in [0.29, 0.717) is 5.38 Å². The molecule has 3 heterocycles.